The van der Waals surface area contributed by atoms with Gasteiger partial charge in [0.1, 0.15) is 5.82 Å². The smallest absolute Gasteiger partial charge is 0.242 e. The van der Waals surface area contributed by atoms with Crippen LogP contribution < -0.4 is 5.32 Å². The van der Waals surface area contributed by atoms with Gasteiger partial charge in [0.05, 0.1) is 13.1 Å². The molecule has 0 radical (unpaired) electrons. The lowest BCUT2D eigenvalue weighted by molar-refractivity contribution is -0.131. The van der Waals surface area contributed by atoms with Crippen molar-refractivity contribution in [1.82, 2.24) is 15.1 Å². The van der Waals surface area contributed by atoms with Gasteiger partial charge in [-0.3, -0.25) is 9.79 Å². The summed E-state index contributed by atoms with van der Waals surface area (Å²) in [5.74, 6) is 0.625. The first-order chi connectivity index (χ1) is 12.5. The molecule has 0 spiro atoms. The Morgan fingerprint density at radius 3 is 2.31 bits per heavy atom. The van der Waals surface area contributed by atoms with E-state index in [0.29, 0.717) is 26.2 Å². The zero-order chi connectivity index (χ0) is 19.2. The highest BCUT2D eigenvalue weighted by Crippen LogP contribution is 2.48. The quantitative estimate of drug-likeness (QED) is 0.571. The number of carbonyl (C=O) groups is 1. The topological polar surface area (TPSA) is 47.9 Å². The molecule has 1 N–H and O–H groups in total. The van der Waals surface area contributed by atoms with Crippen LogP contribution in [-0.4, -0.2) is 61.4 Å². The number of aliphatic imine (C=N–C) groups is 1. The number of amides is 1. The van der Waals surface area contributed by atoms with E-state index >= 15 is 0 Å². The molecule has 1 saturated carbocycles. The Morgan fingerprint density at radius 1 is 1.19 bits per heavy atom. The molecular formula is C20H31FN4O. The second kappa shape index (κ2) is 9.01. The minimum atomic E-state index is -0.212. The third kappa shape index (κ3) is 4.96. The molecule has 0 aliphatic heterocycles. The summed E-state index contributed by atoms with van der Waals surface area (Å²) in [4.78, 5) is 20.8. The fraction of sp³-hybridized carbons (Fsp3) is 0.600. The third-order valence-electron chi connectivity index (χ3n) is 5.03. The van der Waals surface area contributed by atoms with Crippen molar-refractivity contribution in [2.75, 3.05) is 39.8 Å². The van der Waals surface area contributed by atoms with Gasteiger partial charge in [0.15, 0.2) is 5.96 Å². The maximum Gasteiger partial charge on any atom is 0.242 e. The zero-order valence-corrected chi connectivity index (χ0v) is 16.4. The SMILES string of the molecule is CCNC(=NCC1(c2ccc(F)cc2)CC1)N(C)CC(=O)N(CC)CC. The molecule has 0 atom stereocenters. The van der Waals surface area contributed by atoms with Gasteiger partial charge in [-0.25, -0.2) is 4.39 Å². The second-order valence-electron chi connectivity index (χ2n) is 6.88. The van der Waals surface area contributed by atoms with Crippen molar-refractivity contribution in [1.29, 1.82) is 0 Å². The van der Waals surface area contributed by atoms with E-state index < -0.39 is 0 Å². The number of likely N-dealkylation sites (N-methyl/N-ethyl adjacent to an activating group) is 2. The van der Waals surface area contributed by atoms with Gasteiger partial charge in [0.25, 0.3) is 0 Å². The van der Waals surface area contributed by atoms with Gasteiger partial charge in [-0.2, -0.15) is 0 Å². The average molecular weight is 362 g/mol. The fourth-order valence-electron chi connectivity index (χ4n) is 3.14. The van der Waals surface area contributed by atoms with Crippen LogP contribution in [0.1, 0.15) is 39.2 Å². The molecular weight excluding hydrogens is 331 g/mol. The number of rotatable bonds is 8. The van der Waals surface area contributed by atoms with Gasteiger partial charge in [0, 0.05) is 32.1 Å². The number of nitrogens with zero attached hydrogens (tertiary/aromatic N) is 3. The second-order valence-corrected chi connectivity index (χ2v) is 6.88. The Morgan fingerprint density at radius 2 is 1.81 bits per heavy atom. The molecule has 144 valence electrons. The zero-order valence-electron chi connectivity index (χ0n) is 16.4. The lowest BCUT2D eigenvalue weighted by atomic mass is 9.96. The van der Waals surface area contributed by atoms with E-state index in [4.69, 9.17) is 4.99 Å². The number of carbonyl (C=O) groups excluding carboxylic acids is 1. The maximum absolute atomic E-state index is 13.2. The fourth-order valence-corrected chi connectivity index (χ4v) is 3.14. The first-order valence-corrected chi connectivity index (χ1v) is 9.49. The predicted octanol–water partition coefficient (Wildman–Crippen LogP) is 2.62. The van der Waals surface area contributed by atoms with Crippen LogP contribution >= 0.6 is 0 Å². The van der Waals surface area contributed by atoms with Crippen LogP contribution in [0.2, 0.25) is 0 Å². The summed E-state index contributed by atoms with van der Waals surface area (Å²) in [6.07, 6.45) is 2.12. The van der Waals surface area contributed by atoms with Crippen molar-refractivity contribution in [3.05, 3.63) is 35.6 Å². The maximum atomic E-state index is 13.2. The minimum absolute atomic E-state index is 0.0120. The normalized spacial score (nSPS) is 15.5. The lowest BCUT2D eigenvalue weighted by Gasteiger charge is -2.26. The van der Waals surface area contributed by atoms with Crippen molar-refractivity contribution >= 4 is 11.9 Å². The van der Waals surface area contributed by atoms with Crippen molar-refractivity contribution in [2.45, 2.75) is 39.0 Å². The van der Waals surface area contributed by atoms with Gasteiger partial charge in [-0.1, -0.05) is 12.1 Å². The first kappa shape index (κ1) is 20.2. The van der Waals surface area contributed by atoms with Gasteiger partial charge in [-0.15, -0.1) is 0 Å². The molecule has 5 nitrogen and oxygen atoms in total. The van der Waals surface area contributed by atoms with E-state index in [0.717, 1.165) is 30.9 Å². The molecule has 1 amide bonds. The third-order valence-corrected chi connectivity index (χ3v) is 5.03. The summed E-state index contributed by atoms with van der Waals surface area (Å²) in [5, 5.41) is 3.27. The van der Waals surface area contributed by atoms with Crippen LogP contribution in [0.5, 0.6) is 0 Å². The summed E-state index contributed by atoms with van der Waals surface area (Å²) in [5.41, 5.74) is 1.15. The summed E-state index contributed by atoms with van der Waals surface area (Å²) in [7, 11) is 1.89. The van der Waals surface area contributed by atoms with Crippen molar-refractivity contribution in [3.8, 4) is 0 Å². The molecule has 0 unspecified atom stereocenters. The van der Waals surface area contributed by atoms with Crippen molar-refractivity contribution in [2.24, 2.45) is 4.99 Å². The van der Waals surface area contributed by atoms with Gasteiger partial charge in [-0.05, 0) is 51.3 Å². The minimum Gasteiger partial charge on any atom is -0.357 e. The van der Waals surface area contributed by atoms with Crippen LogP contribution in [0.3, 0.4) is 0 Å². The van der Waals surface area contributed by atoms with E-state index in [2.05, 4.69) is 5.32 Å². The summed E-state index contributed by atoms with van der Waals surface area (Å²) >= 11 is 0. The average Bonchev–Trinajstić information content (AvgIpc) is 3.41. The van der Waals surface area contributed by atoms with Crippen molar-refractivity contribution in [3.63, 3.8) is 0 Å². The monoisotopic (exact) mass is 362 g/mol. The number of benzene rings is 1. The molecule has 1 aliphatic rings. The molecule has 0 bridgehead atoms. The van der Waals surface area contributed by atoms with Gasteiger partial charge >= 0.3 is 0 Å². The predicted molar refractivity (Wildman–Crippen MR) is 104 cm³/mol. The summed E-state index contributed by atoms with van der Waals surface area (Å²) in [6, 6.07) is 6.75. The molecule has 0 aromatic heterocycles. The molecule has 0 saturated heterocycles. The van der Waals surface area contributed by atoms with E-state index in [1.165, 1.54) is 12.1 Å². The molecule has 0 heterocycles. The van der Waals surface area contributed by atoms with E-state index in [-0.39, 0.29) is 17.1 Å². The number of nitrogens with one attached hydrogen (secondary N) is 1. The Labute approximate surface area is 156 Å². The Balaban J connectivity index is 2.06. The Bertz CT molecular complexity index is 621. The van der Waals surface area contributed by atoms with E-state index in [1.54, 1.807) is 0 Å². The highest BCUT2D eigenvalue weighted by molar-refractivity contribution is 5.86. The van der Waals surface area contributed by atoms with E-state index in [1.807, 2.05) is 49.8 Å². The lowest BCUT2D eigenvalue weighted by Crippen LogP contribution is -2.46. The van der Waals surface area contributed by atoms with Crippen LogP contribution in [0.4, 0.5) is 4.39 Å². The van der Waals surface area contributed by atoms with Gasteiger partial charge in [0.2, 0.25) is 5.91 Å². The summed E-state index contributed by atoms with van der Waals surface area (Å²) in [6.45, 7) is 9.10. The first-order valence-electron chi connectivity index (χ1n) is 9.49. The number of hydrogen-bond acceptors (Lipinski definition) is 2. The highest BCUT2D eigenvalue weighted by atomic mass is 19.1. The molecule has 2 rings (SSSR count). The van der Waals surface area contributed by atoms with Crippen LogP contribution in [0.25, 0.3) is 0 Å². The number of halogens is 1. The van der Waals surface area contributed by atoms with Gasteiger partial charge < -0.3 is 15.1 Å². The molecule has 1 fully saturated rings. The Hall–Kier alpha value is -2.11. The standard InChI is InChI=1S/C20H31FN4O/c1-5-22-19(24(4)14-18(26)25(6-2)7-3)23-15-20(12-13-20)16-8-10-17(21)11-9-16/h8-11H,5-7,12-15H2,1-4H3,(H,22,23). The van der Waals surface area contributed by atoms with Crippen LogP contribution in [0.15, 0.2) is 29.3 Å². The highest BCUT2D eigenvalue weighted by Gasteiger charge is 2.44. The number of guanidine groups is 1. The van der Waals surface area contributed by atoms with E-state index in [9.17, 15) is 9.18 Å². The molecule has 1 aliphatic carbocycles. The molecule has 26 heavy (non-hydrogen) atoms. The summed E-state index contributed by atoms with van der Waals surface area (Å²) < 4.78 is 13.2. The van der Waals surface area contributed by atoms with Crippen LogP contribution in [0, 0.1) is 5.82 Å². The molecule has 1 aromatic rings. The van der Waals surface area contributed by atoms with Crippen molar-refractivity contribution < 1.29 is 9.18 Å². The Kier molecular flexibility index (Phi) is 7.00. The van der Waals surface area contributed by atoms with Crippen LogP contribution in [-0.2, 0) is 10.2 Å². The number of hydrogen-bond donors (Lipinski definition) is 1. The molecule has 1 aromatic carbocycles. The largest absolute Gasteiger partial charge is 0.357 e. The molecule has 6 heteroatoms.